The highest BCUT2D eigenvalue weighted by atomic mass is 19.4. The number of hydrogen-bond donors (Lipinski definition) is 0. The van der Waals surface area contributed by atoms with Crippen molar-refractivity contribution in [1.29, 1.82) is 0 Å². The summed E-state index contributed by atoms with van der Waals surface area (Å²) in [7, 11) is 0. The summed E-state index contributed by atoms with van der Waals surface area (Å²) in [5.74, 6) is 0.358. The van der Waals surface area contributed by atoms with Crippen molar-refractivity contribution in [2.24, 2.45) is 5.92 Å². The first-order valence-electron chi connectivity index (χ1n) is 12.3. The number of benzene rings is 1. The summed E-state index contributed by atoms with van der Waals surface area (Å²) < 4.78 is 38.4. The van der Waals surface area contributed by atoms with Gasteiger partial charge in [0.1, 0.15) is 0 Å². The molecule has 0 N–H and O–H groups in total. The van der Waals surface area contributed by atoms with Crippen LogP contribution in [0, 0.1) is 5.92 Å². The van der Waals surface area contributed by atoms with Gasteiger partial charge >= 0.3 is 6.18 Å². The lowest BCUT2D eigenvalue weighted by Crippen LogP contribution is -2.60. The van der Waals surface area contributed by atoms with Crippen LogP contribution in [0.3, 0.4) is 0 Å². The number of piperazine rings is 1. The predicted molar refractivity (Wildman–Crippen MR) is 120 cm³/mol. The van der Waals surface area contributed by atoms with Crippen molar-refractivity contribution in [3.8, 4) is 0 Å². The molecule has 182 valence electrons. The topological polar surface area (TPSA) is 43.9 Å². The third-order valence-corrected chi connectivity index (χ3v) is 7.64. The van der Waals surface area contributed by atoms with Gasteiger partial charge in [-0.15, -0.1) is 0 Å². The third-order valence-electron chi connectivity index (χ3n) is 7.64. The molecule has 2 aliphatic heterocycles. The van der Waals surface area contributed by atoms with E-state index in [0.29, 0.717) is 32.1 Å². The Morgan fingerprint density at radius 1 is 0.879 bits per heavy atom. The minimum Gasteiger partial charge on any atom is -0.339 e. The lowest BCUT2D eigenvalue weighted by molar-refractivity contribution is -0.143. The van der Waals surface area contributed by atoms with E-state index in [2.05, 4.69) is 16.7 Å². The van der Waals surface area contributed by atoms with E-state index in [-0.39, 0.29) is 29.5 Å². The van der Waals surface area contributed by atoms with Gasteiger partial charge in [0.25, 0.3) is 5.91 Å². The van der Waals surface area contributed by atoms with Gasteiger partial charge in [-0.3, -0.25) is 14.5 Å². The zero-order chi connectivity index (χ0) is 23.6. The fourth-order valence-electron chi connectivity index (χ4n) is 5.71. The number of likely N-dealkylation sites (tertiary alicyclic amines) is 1. The lowest BCUT2D eigenvalue weighted by Gasteiger charge is -2.44. The average molecular weight is 466 g/mol. The third kappa shape index (κ3) is 5.36. The Morgan fingerprint density at radius 3 is 2.06 bits per heavy atom. The Bertz CT molecular complexity index is 828. The van der Waals surface area contributed by atoms with Crippen LogP contribution in [-0.4, -0.2) is 71.3 Å². The molecule has 3 fully saturated rings. The van der Waals surface area contributed by atoms with Gasteiger partial charge in [-0.05, 0) is 69.2 Å². The summed E-state index contributed by atoms with van der Waals surface area (Å²) in [6, 6.07) is 4.56. The van der Waals surface area contributed by atoms with Crippen molar-refractivity contribution in [2.45, 2.75) is 70.1 Å². The van der Waals surface area contributed by atoms with Crippen LogP contribution >= 0.6 is 0 Å². The number of carbonyl (C=O) groups is 2. The molecular weight excluding hydrogens is 431 g/mol. The van der Waals surface area contributed by atoms with E-state index in [1.54, 1.807) is 4.90 Å². The Labute approximate surface area is 193 Å². The van der Waals surface area contributed by atoms with Crippen molar-refractivity contribution < 1.29 is 22.8 Å². The van der Waals surface area contributed by atoms with Crippen molar-refractivity contribution in [1.82, 2.24) is 14.7 Å². The van der Waals surface area contributed by atoms with E-state index in [1.807, 2.05) is 0 Å². The Balaban J connectivity index is 1.41. The molecule has 5 nitrogen and oxygen atoms in total. The average Bonchev–Trinajstić information content (AvgIpc) is 3.33. The van der Waals surface area contributed by atoms with E-state index in [9.17, 15) is 22.8 Å². The van der Waals surface area contributed by atoms with Crippen LogP contribution in [0.15, 0.2) is 24.3 Å². The highest BCUT2D eigenvalue weighted by Gasteiger charge is 2.40. The highest BCUT2D eigenvalue weighted by molar-refractivity contribution is 5.94. The van der Waals surface area contributed by atoms with Gasteiger partial charge < -0.3 is 9.80 Å². The summed E-state index contributed by atoms with van der Waals surface area (Å²) in [6.07, 6.45) is 3.34. The molecule has 2 heterocycles. The summed E-state index contributed by atoms with van der Waals surface area (Å²) in [5, 5.41) is 0. The lowest BCUT2D eigenvalue weighted by atomic mass is 9.92. The van der Waals surface area contributed by atoms with Gasteiger partial charge in [-0.25, -0.2) is 0 Å². The summed E-state index contributed by atoms with van der Waals surface area (Å²) in [5.41, 5.74) is -0.490. The van der Waals surface area contributed by atoms with Crippen LogP contribution in [0.4, 0.5) is 13.2 Å². The molecule has 33 heavy (non-hydrogen) atoms. The van der Waals surface area contributed by atoms with Crippen LogP contribution in [0.2, 0.25) is 0 Å². The van der Waals surface area contributed by atoms with E-state index >= 15 is 0 Å². The normalized spacial score (nSPS) is 24.2. The number of halogens is 3. The van der Waals surface area contributed by atoms with E-state index in [0.717, 1.165) is 57.2 Å². The van der Waals surface area contributed by atoms with Crippen LogP contribution in [0.1, 0.15) is 67.8 Å². The molecule has 1 aromatic carbocycles. The summed E-state index contributed by atoms with van der Waals surface area (Å²) in [6.45, 7) is 5.15. The first-order chi connectivity index (χ1) is 15.8. The van der Waals surface area contributed by atoms with Gasteiger partial charge in [0, 0.05) is 44.3 Å². The molecule has 3 aliphatic rings. The van der Waals surface area contributed by atoms with E-state index in [4.69, 9.17) is 0 Å². The first-order valence-corrected chi connectivity index (χ1v) is 12.3. The Kier molecular flexibility index (Phi) is 7.31. The molecule has 8 heteroatoms. The summed E-state index contributed by atoms with van der Waals surface area (Å²) >= 11 is 0. The number of alkyl halides is 3. The maximum Gasteiger partial charge on any atom is 0.416 e. The monoisotopic (exact) mass is 465 g/mol. The van der Waals surface area contributed by atoms with Crippen molar-refractivity contribution in [3.63, 3.8) is 0 Å². The minimum absolute atomic E-state index is 0.128. The van der Waals surface area contributed by atoms with Crippen LogP contribution in [-0.2, 0) is 11.0 Å². The molecule has 0 bridgehead atoms. The van der Waals surface area contributed by atoms with Gasteiger partial charge in [0.15, 0.2) is 0 Å². The second-order valence-electron chi connectivity index (χ2n) is 9.77. The maximum atomic E-state index is 13.7. The van der Waals surface area contributed by atoms with Crippen LogP contribution in [0.5, 0.6) is 0 Å². The number of hydrogen-bond acceptors (Lipinski definition) is 3. The summed E-state index contributed by atoms with van der Waals surface area (Å²) in [4.78, 5) is 32.6. The molecule has 2 saturated heterocycles. The SMILES string of the molecule is C[C@H]1CCCCN1C(=O)[C@H](C1CCCC1)N1CCN(C(=O)c2ccc(C(F)(F)F)cc2)CC1. The Morgan fingerprint density at radius 2 is 1.48 bits per heavy atom. The molecule has 0 radical (unpaired) electrons. The Hall–Kier alpha value is -2.09. The highest BCUT2D eigenvalue weighted by Crippen LogP contribution is 2.33. The van der Waals surface area contributed by atoms with Gasteiger partial charge in [-0.1, -0.05) is 12.8 Å². The zero-order valence-corrected chi connectivity index (χ0v) is 19.3. The van der Waals surface area contributed by atoms with Crippen LogP contribution < -0.4 is 0 Å². The number of rotatable bonds is 4. The molecule has 2 amide bonds. The predicted octanol–water partition coefficient (Wildman–Crippen LogP) is 4.42. The zero-order valence-electron chi connectivity index (χ0n) is 19.3. The molecular formula is C25H34F3N3O2. The van der Waals surface area contributed by atoms with Gasteiger partial charge in [-0.2, -0.15) is 13.2 Å². The standard InChI is InChI=1S/C25H34F3N3O2/c1-18-6-4-5-13-31(18)24(33)22(19-7-2-3-8-19)29-14-16-30(17-15-29)23(32)20-9-11-21(12-10-20)25(26,27)28/h9-12,18-19,22H,2-8,13-17H2,1H3/t18-,22-/m0/s1. The molecule has 0 aromatic heterocycles. The fourth-order valence-corrected chi connectivity index (χ4v) is 5.71. The van der Waals surface area contributed by atoms with Crippen LogP contribution in [0.25, 0.3) is 0 Å². The molecule has 4 rings (SSSR count). The molecule has 1 aliphatic carbocycles. The quantitative estimate of drug-likeness (QED) is 0.661. The minimum atomic E-state index is -4.42. The molecule has 0 unspecified atom stereocenters. The first kappa shape index (κ1) is 24.0. The molecule has 1 saturated carbocycles. The number of amides is 2. The second kappa shape index (κ2) is 10.0. The smallest absolute Gasteiger partial charge is 0.339 e. The molecule has 2 atom stereocenters. The van der Waals surface area contributed by atoms with Crippen molar-refractivity contribution in [3.05, 3.63) is 35.4 Å². The van der Waals surface area contributed by atoms with Crippen molar-refractivity contribution in [2.75, 3.05) is 32.7 Å². The molecule has 1 aromatic rings. The second-order valence-corrected chi connectivity index (χ2v) is 9.77. The number of piperidine rings is 1. The fraction of sp³-hybridized carbons (Fsp3) is 0.680. The number of nitrogens with zero attached hydrogens (tertiary/aromatic N) is 3. The number of carbonyl (C=O) groups excluding carboxylic acids is 2. The molecule has 0 spiro atoms. The van der Waals surface area contributed by atoms with E-state index in [1.165, 1.54) is 18.6 Å². The maximum absolute atomic E-state index is 13.7. The van der Waals surface area contributed by atoms with Gasteiger partial charge in [0.05, 0.1) is 11.6 Å². The van der Waals surface area contributed by atoms with Crippen molar-refractivity contribution >= 4 is 11.8 Å². The van der Waals surface area contributed by atoms with E-state index < -0.39 is 11.7 Å². The van der Waals surface area contributed by atoms with Gasteiger partial charge in [0.2, 0.25) is 5.91 Å². The largest absolute Gasteiger partial charge is 0.416 e.